The van der Waals surface area contributed by atoms with Crippen LogP contribution in [0, 0.1) is 5.92 Å². The second-order valence-corrected chi connectivity index (χ2v) is 5.03. The van der Waals surface area contributed by atoms with E-state index < -0.39 is 0 Å². The molecule has 0 saturated carbocycles. The molecule has 1 heterocycles. The van der Waals surface area contributed by atoms with Gasteiger partial charge in [0.15, 0.2) is 0 Å². The molecule has 3 heteroatoms. The van der Waals surface area contributed by atoms with Crippen LogP contribution in [0.15, 0.2) is 0 Å². The summed E-state index contributed by atoms with van der Waals surface area (Å²) in [7, 11) is 0. The molecule has 1 aliphatic heterocycles. The van der Waals surface area contributed by atoms with Crippen molar-refractivity contribution in [3.8, 4) is 0 Å². The summed E-state index contributed by atoms with van der Waals surface area (Å²) in [5.74, 6) is 0.739. The van der Waals surface area contributed by atoms with E-state index in [-0.39, 0.29) is 0 Å². The average Bonchev–Trinajstić information content (AvgIpc) is 2.70. The molecule has 0 aromatic rings. The van der Waals surface area contributed by atoms with Crippen LogP contribution in [-0.2, 0) is 4.74 Å². The Balaban J connectivity index is 1.94. The lowest BCUT2D eigenvalue weighted by atomic mass is 10.00. The van der Waals surface area contributed by atoms with Crippen molar-refractivity contribution in [3.05, 3.63) is 0 Å². The van der Waals surface area contributed by atoms with Crippen LogP contribution in [0.3, 0.4) is 0 Å². The van der Waals surface area contributed by atoms with Gasteiger partial charge in [0, 0.05) is 19.2 Å². The zero-order valence-corrected chi connectivity index (χ0v) is 11.1. The predicted octanol–water partition coefficient (Wildman–Crippen LogP) is 1.78. The summed E-state index contributed by atoms with van der Waals surface area (Å²) < 4.78 is 5.67. The van der Waals surface area contributed by atoms with Gasteiger partial charge in [0.1, 0.15) is 0 Å². The third-order valence-corrected chi connectivity index (χ3v) is 3.24. The third kappa shape index (κ3) is 5.28. The summed E-state index contributed by atoms with van der Waals surface area (Å²) in [6, 6.07) is 0.604. The fourth-order valence-corrected chi connectivity index (χ4v) is 2.27. The Hall–Kier alpha value is -0.120. The van der Waals surface area contributed by atoms with Crippen LogP contribution < -0.4 is 10.6 Å². The van der Waals surface area contributed by atoms with Crippen molar-refractivity contribution in [2.45, 2.75) is 52.2 Å². The summed E-state index contributed by atoms with van der Waals surface area (Å²) in [6.45, 7) is 10.9. The van der Waals surface area contributed by atoms with E-state index in [9.17, 15) is 0 Å². The maximum absolute atomic E-state index is 5.67. The quantitative estimate of drug-likeness (QED) is 0.621. The van der Waals surface area contributed by atoms with Gasteiger partial charge in [-0.2, -0.15) is 0 Å². The lowest BCUT2D eigenvalue weighted by Crippen LogP contribution is -2.31. The van der Waals surface area contributed by atoms with Crippen LogP contribution in [0.4, 0.5) is 0 Å². The fourth-order valence-electron chi connectivity index (χ4n) is 2.27. The van der Waals surface area contributed by atoms with Gasteiger partial charge in [-0.05, 0) is 38.3 Å². The van der Waals surface area contributed by atoms with E-state index in [1.54, 1.807) is 0 Å². The van der Waals surface area contributed by atoms with Crippen molar-refractivity contribution in [3.63, 3.8) is 0 Å². The first-order valence-corrected chi connectivity index (χ1v) is 6.79. The van der Waals surface area contributed by atoms with Gasteiger partial charge in [0.2, 0.25) is 0 Å². The molecular formula is C13H28N2O. The normalized spacial score (nSPS) is 25.5. The van der Waals surface area contributed by atoms with Crippen molar-refractivity contribution >= 4 is 0 Å². The Bertz CT molecular complexity index is 173. The van der Waals surface area contributed by atoms with E-state index in [1.807, 2.05) is 0 Å². The van der Waals surface area contributed by atoms with E-state index in [0.717, 1.165) is 38.6 Å². The van der Waals surface area contributed by atoms with Crippen LogP contribution >= 0.6 is 0 Å². The SMILES string of the molecule is CCC1OCCC1CNCCCNC(C)C. The minimum atomic E-state index is 0.501. The topological polar surface area (TPSA) is 33.3 Å². The fraction of sp³-hybridized carbons (Fsp3) is 1.00. The Morgan fingerprint density at radius 3 is 2.81 bits per heavy atom. The van der Waals surface area contributed by atoms with Crippen LogP contribution in [0.2, 0.25) is 0 Å². The second kappa shape index (κ2) is 8.04. The van der Waals surface area contributed by atoms with E-state index in [4.69, 9.17) is 4.74 Å². The Morgan fingerprint density at radius 2 is 2.12 bits per heavy atom. The third-order valence-electron chi connectivity index (χ3n) is 3.24. The van der Waals surface area contributed by atoms with E-state index in [2.05, 4.69) is 31.4 Å². The molecule has 2 unspecified atom stereocenters. The lowest BCUT2D eigenvalue weighted by molar-refractivity contribution is 0.0873. The Kier molecular flexibility index (Phi) is 7.01. The van der Waals surface area contributed by atoms with Crippen LogP contribution in [0.5, 0.6) is 0 Å². The zero-order chi connectivity index (χ0) is 11.8. The molecule has 2 N–H and O–H groups in total. The van der Waals surface area contributed by atoms with Crippen molar-refractivity contribution in [1.29, 1.82) is 0 Å². The van der Waals surface area contributed by atoms with E-state index >= 15 is 0 Å². The predicted molar refractivity (Wildman–Crippen MR) is 68.8 cm³/mol. The molecule has 3 nitrogen and oxygen atoms in total. The van der Waals surface area contributed by atoms with Gasteiger partial charge in [-0.3, -0.25) is 0 Å². The molecule has 0 radical (unpaired) electrons. The molecule has 0 aromatic heterocycles. The highest BCUT2D eigenvalue weighted by molar-refractivity contribution is 4.76. The number of rotatable bonds is 8. The largest absolute Gasteiger partial charge is 0.378 e. The van der Waals surface area contributed by atoms with Crippen LogP contribution in [-0.4, -0.2) is 38.4 Å². The molecule has 0 amide bonds. The van der Waals surface area contributed by atoms with Gasteiger partial charge in [-0.25, -0.2) is 0 Å². The van der Waals surface area contributed by atoms with Crippen molar-refractivity contribution < 1.29 is 4.74 Å². The molecule has 1 saturated heterocycles. The highest BCUT2D eigenvalue weighted by atomic mass is 16.5. The first kappa shape index (κ1) is 13.9. The number of ether oxygens (including phenoxy) is 1. The van der Waals surface area contributed by atoms with Gasteiger partial charge in [0.25, 0.3) is 0 Å². The number of nitrogens with one attached hydrogen (secondary N) is 2. The van der Waals surface area contributed by atoms with Gasteiger partial charge in [0.05, 0.1) is 6.10 Å². The van der Waals surface area contributed by atoms with Gasteiger partial charge >= 0.3 is 0 Å². The summed E-state index contributed by atoms with van der Waals surface area (Å²) in [5, 5.41) is 6.97. The smallest absolute Gasteiger partial charge is 0.0613 e. The molecule has 16 heavy (non-hydrogen) atoms. The molecule has 0 aromatic carbocycles. The lowest BCUT2D eigenvalue weighted by Gasteiger charge is -2.17. The minimum Gasteiger partial charge on any atom is -0.378 e. The Morgan fingerprint density at radius 1 is 1.31 bits per heavy atom. The standard InChI is InChI=1S/C13H28N2O/c1-4-13-12(6-9-16-13)10-14-7-5-8-15-11(2)3/h11-15H,4-10H2,1-3H3. The molecule has 96 valence electrons. The van der Waals surface area contributed by atoms with Crippen LogP contribution in [0.1, 0.15) is 40.0 Å². The van der Waals surface area contributed by atoms with E-state index in [1.165, 1.54) is 12.8 Å². The summed E-state index contributed by atoms with van der Waals surface area (Å²) >= 11 is 0. The average molecular weight is 228 g/mol. The molecule has 0 aliphatic carbocycles. The first-order valence-electron chi connectivity index (χ1n) is 6.79. The van der Waals surface area contributed by atoms with Crippen molar-refractivity contribution in [2.24, 2.45) is 5.92 Å². The summed E-state index contributed by atoms with van der Waals surface area (Å²) in [4.78, 5) is 0. The first-order chi connectivity index (χ1) is 7.74. The molecule has 1 aliphatic rings. The van der Waals surface area contributed by atoms with Gasteiger partial charge in [-0.15, -0.1) is 0 Å². The van der Waals surface area contributed by atoms with Crippen molar-refractivity contribution in [1.82, 2.24) is 10.6 Å². The monoisotopic (exact) mass is 228 g/mol. The number of hydrogen-bond acceptors (Lipinski definition) is 3. The van der Waals surface area contributed by atoms with Crippen molar-refractivity contribution in [2.75, 3.05) is 26.2 Å². The highest BCUT2D eigenvalue weighted by Gasteiger charge is 2.25. The summed E-state index contributed by atoms with van der Waals surface area (Å²) in [5.41, 5.74) is 0. The zero-order valence-electron chi connectivity index (χ0n) is 11.1. The van der Waals surface area contributed by atoms with Gasteiger partial charge < -0.3 is 15.4 Å². The molecule has 0 spiro atoms. The van der Waals surface area contributed by atoms with Crippen LogP contribution in [0.25, 0.3) is 0 Å². The maximum Gasteiger partial charge on any atom is 0.0613 e. The molecule has 2 atom stereocenters. The van der Waals surface area contributed by atoms with Gasteiger partial charge in [-0.1, -0.05) is 20.8 Å². The second-order valence-electron chi connectivity index (χ2n) is 5.03. The molecular weight excluding hydrogens is 200 g/mol. The summed E-state index contributed by atoms with van der Waals surface area (Å²) in [6.07, 6.45) is 4.10. The minimum absolute atomic E-state index is 0.501. The van der Waals surface area contributed by atoms with E-state index in [0.29, 0.717) is 12.1 Å². The molecule has 0 bridgehead atoms. The maximum atomic E-state index is 5.67. The molecule has 1 fully saturated rings. The molecule has 1 rings (SSSR count). The number of hydrogen-bond donors (Lipinski definition) is 2. The highest BCUT2D eigenvalue weighted by Crippen LogP contribution is 2.22. The Labute approximate surface area is 100 Å².